The average Bonchev–Trinajstić information content (AvgIpc) is 2.41. The highest BCUT2D eigenvalue weighted by Crippen LogP contribution is 2.33. The fourth-order valence-corrected chi connectivity index (χ4v) is 2.32. The molecule has 0 aromatic heterocycles. The summed E-state index contributed by atoms with van der Waals surface area (Å²) in [6.45, 7) is 1.97. The summed E-state index contributed by atoms with van der Waals surface area (Å²) in [4.78, 5) is 0.894. The monoisotopic (exact) mass is 270 g/mol. The van der Waals surface area contributed by atoms with Gasteiger partial charge in [-0.2, -0.15) is 5.26 Å². The minimum atomic E-state index is 0.532. The molecule has 2 rings (SSSR count). The Morgan fingerprint density at radius 3 is 2.63 bits per heavy atom. The normalized spacial score (nSPS) is 9.95. The molecule has 0 saturated heterocycles. The Hall–Kier alpha value is -2.12. The van der Waals surface area contributed by atoms with Crippen LogP contribution in [0.15, 0.2) is 41.3 Å². The van der Waals surface area contributed by atoms with Crippen LogP contribution in [0, 0.1) is 18.3 Å². The number of rotatable bonds is 3. The SMILES string of the molecule is CSc1cccc(Oc2ccc(C)cc2N)c1C#N. The van der Waals surface area contributed by atoms with Crippen LogP contribution in [0.4, 0.5) is 5.69 Å². The zero-order valence-corrected chi connectivity index (χ0v) is 11.6. The molecule has 0 bridgehead atoms. The highest BCUT2D eigenvalue weighted by molar-refractivity contribution is 7.98. The second-order valence-electron chi connectivity index (χ2n) is 4.09. The Morgan fingerprint density at radius 2 is 2.00 bits per heavy atom. The minimum Gasteiger partial charge on any atom is -0.454 e. The zero-order valence-electron chi connectivity index (χ0n) is 10.8. The molecule has 0 unspecified atom stereocenters. The van der Waals surface area contributed by atoms with Gasteiger partial charge in [-0.15, -0.1) is 11.8 Å². The van der Waals surface area contributed by atoms with Crippen molar-refractivity contribution in [2.24, 2.45) is 0 Å². The first-order chi connectivity index (χ1) is 9.15. The molecule has 3 nitrogen and oxygen atoms in total. The Bertz CT molecular complexity index is 647. The molecule has 4 heteroatoms. The molecule has 0 atom stereocenters. The van der Waals surface area contributed by atoms with Gasteiger partial charge in [0.1, 0.15) is 23.1 Å². The van der Waals surface area contributed by atoms with Crippen LogP contribution < -0.4 is 10.5 Å². The zero-order chi connectivity index (χ0) is 13.8. The highest BCUT2D eigenvalue weighted by atomic mass is 32.2. The van der Waals surface area contributed by atoms with E-state index in [1.165, 1.54) is 11.8 Å². The number of nitrogens with two attached hydrogens (primary N) is 1. The van der Waals surface area contributed by atoms with E-state index in [4.69, 9.17) is 10.5 Å². The molecular formula is C15H14N2OS. The number of thioether (sulfide) groups is 1. The third-order valence-corrected chi connectivity index (χ3v) is 3.48. The van der Waals surface area contributed by atoms with Gasteiger partial charge in [0.25, 0.3) is 0 Å². The summed E-state index contributed by atoms with van der Waals surface area (Å²) in [5.41, 5.74) is 8.10. The smallest absolute Gasteiger partial charge is 0.150 e. The molecule has 0 aliphatic heterocycles. The number of ether oxygens (including phenoxy) is 1. The summed E-state index contributed by atoms with van der Waals surface area (Å²) in [5, 5.41) is 9.25. The number of nitrogens with zero attached hydrogens (tertiary/aromatic N) is 1. The molecule has 2 aromatic carbocycles. The maximum Gasteiger partial charge on any atom is 0.150 e. The van der Waals surface area contributed by atoms with Gasteiger partial charge in [0.15, 0.2) is 0 Å². The van der Waals surface area contributed by atoms with Crippen molar-refractivity contribution in [3.63, 3.8) is 0 Å². The van der Waals surface area contributed by atoms with Crippen molar-refractivity contribution in [2.45, 2.75) is 11.8 Å². The largest absolute Gasteiger partial charge is 0.454 e. The van der Waals surface area contributed by atoms with Crippen molar-refractivity contribution in [3.8, 4) is 17.6 Å². The second kappa shape index (κ2) is 5.68. The van der Waals surface area contributed by atoms with Crippen LogP contribution >= 0.6 is 11.8 Å². The van der Waals surface area contributed by atoms with Crippen molar-refractivity contribution in [2.75, 3.05) is 12.0 Å². The fourth-order valence-electron chi connectivity index (χ4n) is 1.76. The number of aryl methyl sites for hydroxylation is 1. The van der Waals surface area contributed by atoms with E-state index in [0.29, 0.717) is 22.7 Å². The molecule has 0 fully saturated rings. The highest BCUT2D eigenvalue weighted by Gasteiger charge is 2.10. The van der Waals surface area contributed by atoms with Crippen LogP contribution in [-0.2, 0) is 0 Å². The number of nitrogen functional groups attached to an aromatic ring is 1. The maximum absolute atomic E-state index is 9.25. The second-order valence-corrected chi connectivity index (χ2v) is 4.94. The topological polar surface area (TPSA) is 59.0 Å². The Kier molecular flexibility index (Phi) is 3.98. The minimum absolute atomic E-state index is 0.532. The molecular weight excluding hydrogens is 256 g/mol. The lowest BCUT2D eigenvalue weighted by molar-refractivity contribution is 0.482. The lowest BCUT2D eigenvalue weighted by Gasteiger charge is -2.11. The van der Waals surface area contributed by atoms with Crippen molar-refractivity contribution in [1.29, 1.82) is 5.26 Å². The third-order valence-electron chi connectivity index (χ3n) is 2.70. The van der Waals surface area contributed by atoms with E-state index in [9.17, 15) is 5.26 Å². The lowest BCUT2D eigenvalue weighted by atomic mass is 10.2. The van der Waals surface area contributed by atoms with Crippen LogP contribution in [0.25, 0.3) is 0 Å². The predicted octanol–water partition coefficient (Wildman–Crippen LogP) is 3.96. The molecule has 19 heavy (non-hydrogen) atoms. The Morgan fingerprint density at radius 1 is 1.21 bits per heavy atom. The van der Waals surface area contributed by atoms with E-state index in [1.807, 2.05) is 43.5 Å². The lowest BCUT2D eigenvalue weighted by Crippen LogP contribution is -1.95. The molecule has 0 aliphatic rings. The van der Waals surface area contributed by atoms with Crippen LogP contribution in [0.2, 0.25) is 0 Å². The first-order valence-electron chi connectivity index (χ1n) is 5.76. The molecule has 2 N–H and O–H groups in total. The van der Waals surface area contributed by atoms with Gasteiger partial charge in [-0.3, -0.25) is 0 Å². The van der Waals surface area contributed by atoms with Crippen molar-refractivity contribution in [3.05, 3.63) is 47.5 Å². The quantitative estimate of drug-likeness (QED) is 0.677. The fraction of sp³-hybridized carbons (Fsp3) is 0.133. The summed E-state index contributed by atoms with van der Waals surface area (Å²) < 4.78 is 5.77. The van der Waals surface area contributed by atoms with E-state index in [0.717, 1.165) is 10.5 Å². The van der Waals surface area contributed by atoms with E-state index in [1.54, 1.807) is 6.07 Å². The van der Waals surface area contributed by atoms with Gasteiger partial charge in [0.05, 0.1) is 5.69 Å². The molecule has 96 valence electrons. The van der Waals surface area contributed by atoms with Gasteiger partial charge in [0.2, 0.25) is 0 Å². The van der Waals surface area contributed by atoms with E-state index in [2.05, 4.69) is 6.07 Å². The van der Waals surface area contributed by atoms with E-state index < -0.39 is 0 Å². The predicted molar refractivity (Wildman–Crippen MR) is 78.6 cm³/mol. The average molecular weight is 270 g/mol. The summed E-state index contributed by atoms with van der Waals surface area (Å²) in [5.74, 6) is 1.10. The van der Waals surface area contributed by atoms with Gasteiger partial charge in [-0.25, -0.2) is 0 Å². The molecule has 0 radical (unpaired) electrons. The van der Waals surface area contributed by atoms with E-state index in [-0.39, 0.29) is 0 Å². The summed E-state index contributed by atoms with van der Waals surface area (Å²) in [7, 11) is 0. The Balaban J connectivity index is 2.41. The van der Waals surface area contributed by atoms with Crippen LogP contribution in [-0.4, -0.2) is 6.26 Å². The van der Waals surface area contributed by atoms with Crippen molar-refractivity contribution in [1.82, 2.24) is 0 Å². The number of anilines is 1. The molecule has 0 heterocycles. The molecule has 0 aliphatic carbocycles. The van der Waals surface area contributed by atoms with E-state index >= 15 is 0 Å². The van der Waals surface area contributed by atoms with Crippen LogP contribution in [0.3, 0.4) is 0 Å². The molecule has 0 spiro atoms. The molecule has 2 aromatic rings. The van der Waals surface area contributed by atoms with Gasteiger partial charge < -0.3 is 10.5 Å². The summed E-state index contributed by atoms with van der Waals surface area (Å²) in [6.07, 6.45) is 1.93. The number of hydrogen-bond donors (Lipinski definition) is 1. The van der Waals surface area contributed by atoms with Gasteiger partial charge in [-0.05, 0) is 43.0 Å². The molecule has 0 saturated carbocycles. The standard InChI is InChI=1S/C15H14N2OS/c1-10-6-7-14(12(17)8-10)18-13-4-3-5-15(19-2)11(13)9-16/h3-8H,17H2,1-2H3. The van der Waals surface area contributed by atoms with Gasteiger partial charge >= 0.3 is 0 Å². The number of hydrogen-bond acceptors (Lipinski definition) is 4. The van der Waals surface area contributed by atoms with Crippen molar-refractivity contribution < 1.29 is 4.74 Å². The summed E-state index contributed by atoms with van der Waals surface area (Å²) in [6, 6.07) is 13.3. The first kappa shape index (κ1) is 13.3. The summed E-state index contributed by atoms with van der Waals surface area (Å²) >= 11 is 1.52. The van der Waals surface area contributed by atoms with Crippen LogP contribution in [0.5, 0.6) is 11.5 Å². The van der Waals surface area contributed by atoms with Crippen molar-refractivity contribution >= 4 is 17.4 Å². The van der Waals surface area contributed by atoms with Gasteiger partial charge in [-0.1, -0.05) is 12.1 Å². The Labute approximate surface area is 117 Å². The third kappa shape index (κ3) is 2.83. The number of benzene rings is 2. The van der Waals surface area contributed by atoms with Crippen LogP contribution in [0.1, 0.15) is 11.1 Å². The number of nitriles is 1. The first-order valence-corrected chi connectivity index (χ1v) is 6.99. The maximum atomic E-state index is 9.25. The van der Waals surface area contributed by atoms with Gasteiger partial charge in [0, 0.05) is 4.90 Å². The molecule has 0 amide bonds.